The first-order chi connectivity index (χ1) is 11.8. The molecular formula is C17H17N3O2S2. The van der Waals surface area contributed by atoms with Crippen molar-refractivity contribution in [2.24, 2.45) is 0 Å². The highest BCUT2D eigenvalue weighted by molar-refractivity contribution is 7.99. The van der Waals surface area contributed by atoms with Gasteiger partial charge in [-0.15, -0.1) is 21.5 Å². The van der Waals surface area contributed by atoms with E-state index in [4.69, 9.17) is 4.42 Å². The second kappa shape index (κ2) is 8.12. The van der Waals surface area contributed by atoms with Crippen LogP contribution in [0.5, 0.6) is 0 Å². The molecule has 0 aliphatic carbocycles. The monoisotopic (exact) mass is 359 g/mol. The summed E-state index contributed by atoms with van der Waals surface area (Å²) in [4.78, 5) is 15.2. The van der Waals surface area contributed by atoms with E-state index < -0.39 is 0 Å². The van der Waals surface area contributed by atoms with Crippen LogP contribution in [0.4, 0.5) is 0 Å². The van der Waals surface area contributed by atoms with Gasteiger partial charge in [0.2, 0.25) is 5.91 Å². The van der Waals surface area contributed by atoms with Crippen molar-refractivity contribution in [1.29, 1.82) is 0 Å². The zero-order valence-corrected chi connectivity index (χ0v) is 14.8. The molecule has 1 aromatic carbocycles. The lowest BCUT2D eigenvalue weighted by molar-refractivity contribution is -0.128. The Kier molecular flexibility index (Phi) is 5.66. The summed E-state index contributed by atoms with van der Waals surface area (Å²) in [7, 11) is 0. The molecular weight excluding hydrogens is 342 g/mol. The molecule has 0 saturated heterocycles. The summed E-state index contributed by atoms with van der Waals surface area (Å²) < 4.78 is 5.59. The van der Waals surface area contributed by atoms with Crippen LogP contribution in [0.25, 0.3) is 10.8 Å². The first-order valence-corrected chi connectivity index (χ1v) is 9.44. The summed E-state index contributed by atoms with van der Waals surface area (Å²) in [5.74, 6) is 0.839. The lowest BCUT2D eigenvalue weighted by Gasteiger charge is -2.20. The fourth-order valence-corrected chi connectivity index (χ4v) is 3.47. The number of hydrogen-bond acceptors (Lipinski definition) is 6. The number of rotatable bonds is 7. The van der Waals surface area contributed by atoms with Gasteiger partial charge in [-0.25, -0.2) is 0 Å². The molecule has 124 valence electrons. The molecule has 24 heavy (non-hydrogen) atoms. The average molecular weight is 359 g/mol. The Hall–Kier alpha value is -2.12. The van der Waals surface area contributed by atoms with Crippen LogP contribution < -0.4 is 0 Å². The van der Waals surface area contributed by atoms with E-state index >= 15 is 0 Å². The average Bonchev–Trinajstić information content (AvgIpc) is 3.29. The molecule has 0 saturated carbocycles. The first-order valence-electron chi connectivity index (χ1n) is 7.58. The number of thiophene rings is 1. The molecule has 7 heteroatoms. The maximum atomic E-state index is 12.4. The molecule has 3 rings (SSSR count). The number of hydrogen-bond donors (Lipinski definition) is 0. The van der Waals surface area contributed by atoms with Crippen LogP contribution in [-0.2, 0) is 11.3 Å². The zero-order valence-electron chi connectivity index (χ0n) is 13.2. The highest BCUT2D eigenvalue weighted by atomic mass is 32.2. The molecule has 0 atom stereocenters. The van der Waals surface area contributed by atoms with Crippen LogP contribution in [0.3, 0.4) is 0 Å². The van der Waals surface area contributed by atoms with Crippen LogP contribution in [0.15, 0.2) is 57.5 Å². The number of carbonyl (C=O) groups excluding carboxylic acids is 1. The number of thioether (sulfide) groups is 1. The maximum Gasteiger partial charge on any atom is 0.277 e. The number of carbonyl (C=O) groups is 1. The molecule has 5 nitrogen and oxygen atoms in total. The Bertz CT molecular complexity index is 772. The number of aromatic nitrogens is 2. The Morgan fingerprint density at radius 2 is 2.04 bits per heavy atom. The zero-order chi connectivity index (χ0) is 16.8. The normalized spacial score (nSPS) is 10.7. The smallest absolute Gasteiger partial charge is 0.277 e. The largest absolute Gasteiger partial charge is 0.410 e. The molecule has 0 N–H and O–H groups in total. The van der Waals surface area contributed by atoms with Crippen molar-refractivity contribution in [2.45, 2.75) is 18.7 Å². The highest BCUT2D eigenvalue weighted by Gasteiger charge is 2.15. The van der Waals surface area contributed by atoms with Crippen LogP contribution in [0.1, 0.15) is 12.5 Å². The maximum absolute atomic E-state index is 12.4. The minimum atomic E-state index is 0.0576. The van der Waals surface area contributed by atoms with E-state index in [-0.39, 0.29) is 11.7 Å². The second-order valence-corrected chi connectivity index (χ2v) is 6.91. The van der Waals surface area contributed by atoms with Gasteiger partial charge in [0, 0.05) is 13.1 Å². The van der Waals surface area contributed by atoms with E-state index in [1.165, 1.54) is 11.8 Å². The van der Waals surface area contributed by atoms with Gasteiger partial charge in [0.1, 0.15) is 0 Å². The Morgan fingerprint density at radius 1 is 1.21 bits per heavy atom. The predicted octanol–water partition coefficient (Wildman–Crippen LogP) is 3.94. The molecule has 0 spiro atoms. The number of nitrogens with zero attached hydrogens (tertiary/aromatic N) is 3. The molecule has 0 bridgehead atoms. The predicted molar refractivity (Wildman–Crippen MR) is 95.9 cm³/mol. The summed E-state index contributed by atoms with van der Waals surface area (Å²) in [5, 5.41) is 10.4. The summed E-state index contributed by atoms with van der Waals surface area (Å²) >= 11 is 2.82. The number of amides is 1. The SMILES string of the molecule is CCN(Cc1ccccc1)C(=O)CSc1nnc(-c2cccs2)o1. The van der Waals surface area contributed by atoms with Gasteiger partial charge in [-0.3, -0.25) is 4.79 Å². The quantitative estimate of drug-likeness (QED) is 0.598. The van der Waals surface area contributed by atoms with E-state index in [1.807, 2.05) is 59.7 Å². The molecule has 0 radical (unpaired) electrons. The minimum Gasteiger partial charge on any atom is -0.410 e. The van der Waals surface area contributed by atoms with Gasteiger partial charge in [-0.05, 0) is 23.9 Å². The minimum absolute atomic E-state index is 0.0576. The third-order valence-corrected chi connectivity index (χ3v) is 5.07. The summed E-state index contributed by atoms with van der Waals surface area (Å²) in [6.07, 6.45) is 0. The molecule has 0 aliphatic rings. The summed E-state index contributed by atoms with van der Waals surface area (Å²) in [6, 6.07) is 13.8. The Labute approximate surface area is 148 Å². The van der Waals surface area contributed by atoms with Crippen molar-refractivity contribution < 1.29 is 9.21 Å². The second-order valence-electron chi connectivity index (χ2n) is 5.03. The Balaban J connectivity index is 1.56. The van der Waals surface area contributed by atoms with Gasteiger partial charge >= 0.3 is 0 Å². The molecule has 0 aliphatic heterocycles. The Morgan fingerprint density at radius 3 is 2.75 bits per heavy atom. The van der Waals surface area contributed by atoms with Crippen molar-refractivity contribution in [1.82, 2.24) is 15.1 Å². The van der Waals surface area contributed by atoms with E-state index in [1.54, 1.807) is 11.3 Å². The topological polar surface area (TPSA) is 59.2 Å². The van der Waals surface area contributed by atoms with E-state index in [0.29, 0.717) is 24.2 Å². The molecule has 1 amide bonds. The first kappa shape index (κ1) is 16.7. The lowest BCUT2D eigenvalue weighted by Crippen LogP contribution is -2.31. The molecule has 3 aromatic rings. The van der Waals surface area contributed by atoms with Crippen LogP contribution in [-0.4, -0.2) is 33.3 Å². The van der Waals surface area contributed by atoms with Crippen molar-refractivity contribution in [2.75, 3.05) is 12.3 Å². The van der Waals surface area contributed by atoms with Crippen LogP contribution >= 0.6 is 23.1 Å². The molecule has 2 heterocycles. The van der Waals surface area contributed by atoms with Crippen molar-refractivity contribution >= 4 is 29.0 Å². The summed E-state index contributed by atoms with van der Waals surface area (Å²) in [6.45, 7) is 3.26. The van der Waals surface area contributed by atoms with Crippen LogP contribution in [0, 0.1) is 0 Å². The molecule has 0 fully saturated rings. The summed E-state index contributed by atoms with van der Waals surface area (Å²) in [5.41, 5.74) is 1.12. The van der Waals surface area contributed by atoms with Gasteiger partial charge in [-0.1, -0.05) is 48.2 Å². The molecule has 0 unspecified atom stereocenters. The lowest BCUT2D eigenvalue weighted by atomic mass is 10.2. The fraction of sp³-hybridized carbons (Fsp3) is 0.235. The molecule has 2 aromatic heterocycles. The van der Waals surface area contributed by atoms with Crippen molar-refractivity contribution in [3.8, 4) is 10.8 Å². The third-order valence-electron chi connectivity index (χ3n) is 3.41. The van der Waals surface area contributed by atoms with Gasteiger partial charge < -0.3 is 9.32 Å². The van der Waals surface area contributed by atoms with Crippen molar-refractivity contribution in [3.05, 3.63) is 53.4 Å². The fourth-order valence-electron chi connectivity index (χ4n) is 2.16. The van der Waals surface area contributed by atoms with E-state index in [0.717, 1.165) is 10.4 Å². The van der Waals surface area contributed by atoms with Gasteiger partial charge in [0.15, 0.2) is 0 Å². The van der Waals surface area contributed by atoms with E-state index in [2.05, 4.69) is 10.2 Å². The van der Waals surface area contributed by atoms with Crippen LogP contribution in [0.2, 0.25) is 0 Å². The third kappa shape index (κ3) is 4.24. The highest BCUT2D eigenvalue weighted by Crippen LogP contribution is 2.26. The van der Waals surface area contributed by atoms with Gasteiger partial charge in [0.05, 0.1) is 10.6 Å². The number of benzene rings is 1. The van der Waals surface area contributed by atoms with E-state index in [9.17, 15) is 4.79 Å². The van der Waals surface area contributed by atoms with Crippen molar-refractivity contribution in [3.63, 3.8) is 0 Å². The van der Waals surface area contributed by atoms with Gasteiger partial charge in [-0.2, -0.15) is 0 Å². The van der Waals surface area contributed by atoms with Gasteiger partial charge in [0.25, 0.3) is 11.1 Å². The standard InChI is InChI=1S/C17H17N3O2S2/c1-2-20(11-13-7-4-3-5-8-13)15(21)12-24-17-19-18-16(22-17)14-9-6-10-23-14/h3-10H,2,11-12H2,1H3.